The number of carbonyl (C=O) groups excluding carboxylic acids is 1. The van der Waals surface area contributed by atoms with E-state index in [4.69, 9.17) is 0 Å². The van der Waals surface area contributed by atoms with Gasteiger partial charge in [-0.15, -0.1) is 0 Å². The molecule has 1 aliphatic rings. The van der Waals surface area contributed by atoms with Crippen molar-refractivity contribution in [2.45, 2.75) is 19.3 Å². The fraction of sp³-hybridized carbons (Fsp3) is 0.286. The summed E-state index contributed by atoms with van der Waals surface area (Å²) in [6, 6.07) is 3.31. The van der Waals surface area contributed by atoms with Gasteiger partial charge in [-0.05, 0) is 31.4 Å². The molecule has 1 aromatic heterocycles. The third-order valence-corrected chi connectivity index (χ3v) is 4.13. The molecule has 23 heavy (non-hydrogen) atoms. The van der Waals surface area contributed by atoms with E-state index < -0.39 is 27.6 Å². The molecule has 0 saturated heterocycles. The van der Waals surface area contributed by atoms with E-state index in [-0.39, 0.29) is 11.4 Å². The number of sulfonamides is 1. The van der Waals surface area contributed by atoms with Gasteiger partial charge in [0, 0.05) is 17.3 Å². The minimum absolute atomic E-state index is 0.00680. The first-order valence-corrected chi connectivity index (χ1v) is 8.74. The van der Waals surface area contributed by atoms with Crippen LogP contribution in [0.25, 0.3) is 5.69 Å². The van der Waals surface area contributed by atoms with Crippen LogP contribution < -0.4 is 4.72 Å². The highest BCUT2D eigenvalue weighted by Crippen LogP contribution is 2.28. The predicted molar refractivity (Wildman–Crippen MR) is 77.8 cm³/mol. The highest BCUT2D eigenvalue weighted by Gasteiger charge is 2.28. The summed E-state index contributed by atoms with van der Waals surface area (Å²) in [5.74, 6) is -2.83. The third-order valence-electron chi connectivity index (χ3n) is 3.57. The van der Waals surface area contributed by atoms with Crippen LogP contribution in [-0.2, 0) is 22.9 Å². The summed E-state index contributed by atoms with van der Waals surface area (Å²) in [7, 11) is -3.72. The zero-order valence-corrected chi connectivity index (χ0v) is 13.0. The Morgan fingerprint density at radius 2 is 2.00 bits per heavy atom. The van der Waals surface area contributed by atoms with E-state index in [0.29, 0.717) is 24.1 Å². The highest BCUT2D eigenvalue weighted by molar-refractivity contribution is 7.89. The van der Waals surface area contributed by atoms with E-state index in [2.05, 4.69) is 5.10 Å². The van der Waals surface area contributed by atoms with E-state index in [9.17, 15) is 22.0 Å². The summed E-state index contributed by atoms with van der Waals surface area (Å²) in [5.41, 5.74) is 1.61. The van der Waals surface area contributed by atoms with Crippen LogP contribution in [0.3, 0.4) is 0 Å². The van der Waals surface area contributed by atoms with Crippen molar-refractivity contribution in [1.29, 1.82) is 0 Å². The first kappa shape index (κ1) is 15.6. The molecule has 0 radical (unpaired) electrons. The summed E-state index contributed by atoms with van der Waals surface area (Å²) >= 11 is 0. The lowest BCUT2D eigenvalue weighted by Gasteiger charge is -2.06. The van der Waals surface area contributed by atoms with Crippen LogP contribution in [0.1, 0.15) is 28.2 Å². The Labute approximate surface area is 131 Å². The lowest BCUT2D eigenvalue weighted by atomic mass is 10.2. The van der Waals surface area contributed by atoms with Crippen molar-refractivity contribution < 1.29 is 22.0 Å². The van der Waals surface area contributed by atoms with Gasteiger partial charge >= 0.3 is 0 Å². The minimum Gasteiger partial charge on any atom is -0.266 e. The molecule has 1 aliphatic carbocycles. The average Bonchev–Trinajstić information content (AvgIpc) is 3.01. The van der Waals surface area contributed by atoms with E-state index in [1.807, 2.05) is 4.72 Å². The summed E-state index contributed by atoms with van der Waals surface area (Å²) in [6.07, 6.45) is 2.84. The van der Waals surface area contributed by atoms with E-state index >= 15 is 0 Å². The van der Waals surface area contributed by atoms with Gasteiger partial charge in [0.1, 0.15) is 0 Å². The second kappa shape index (κ2) is 5.41. The number of hydrogen-bond donors (Lipinski definition) is 1. The van der Waals surface area contributed by atoms with Crippen molar-refractivity contribution in [3.63, 3.8) is 0 Å². The summed E-state index contributed by atoms with van der Waals surface area (Å²) in [5, 5.41) is 4.11. The average molecular weight is 341 g/mol. The van der Waals surface area contributed by atoms with Crippen LogP contribution in [0.5, 0.6) is 0 Å². The number of benzene rings is 1. The lowest BCUT2D eigenvalue weighted by Crippen LogP contribution is -2.30. The molecule has 122 valence electrons. The van der Waals surface area contributed by atoms with Crippen LogP contribution in [0, 0.1) is 11.6 Å². The van der Waals surface area contributed by atoms with Gasteiger partial charge in [-0.1, -0.05) is 0 Å². The smallest absolute Gasteiger partial charge is 0.266 e. The second-order valence-electron chi connectivity index (χ2n) is 5.34. The Balaban J connectivity index is 2.08. The van der Waals surface area contributed by atoms with Gasteiger partial charge in [0.15, 0.2) is 17.3 Å². The molecule has 9 heteroatoms. The molecule has 0 bridgehead atoms. The number of aromatic nitrogens is 2. The normalized spacial score (nSPS) is 13.9. The highest BCUT2D eigenvalue weighted by atomic mass is 32.2. The number of rotatable bonds is 3. The van der Waals surface area contributed by atoms with Crippen molar-refractivity contribution in [2.24, 2.45) is 0 Å². The Morgan fingerprint density at radius 1 is 1.26 bits per heavy atom. The monoisotopic (exact) mass is 341 g/mol. The molecule has 0 aliphatic heterocycles. The van der Waals surface area contributed by atoms with Gasteiger partial charge in [0.25, 0.3) is 5.91 Å². The van der Waals surface area contributed by atoms with Crippen LogP contribution in [0.4, 0.5) is 8.78 Å². The van der Waals surface area contributed by atoms with Gasteiger partial charge in [0.05, 0.1) is 11.9 Å². The zero-order chi connectivity index (χ0) is 16.8. The maximum Gasteiger partial charge on any atom is 0.285 e. The summed E-state index contributed by atoms with van der Waals surface area (Å²) in [4.78, 5) is 12.1. The molecule has 0 atom stereocenters. The Kier molecular flexibility index (Phi) is 3.67. The Morgan fingerprint density at radius 3 is 2.65 bits per heavy atom. The third kappa shape index (κ3) is 2.96. The van der Waals surface area contributed by atoms with E-state index in [0.717, 1.165) is 24.8 Å². The quantitative estimate of drug-likeness (QED) is 0.913. The SMILES string of the molecule is CS(=O)(=O)NC(=O)c1nn(-c2ccc(F)c(F)c2)c2c1CCC2. The fourth-order valence-electron chi connectivity index (χ4n) is 2.67. The van der Waals surface area contributed by atoms with Crippen LogP contribution in [0.2, 0.25) is 0 Å². The minimum atomic E-state index is -3.72. The van der Waals surface area contributed by atoms with Gasteiger partial charge in [-0.3, -0.25) is 4.79 Å². The Bertz CT molecular complexity index is 906. The molecule has 1 amide bonds. The topological polar surface area (TPSA) is 81.1 Å². The predicted octanol–water partition coefficient (Wildman–Crippen LogP) is 1.33. The number of hydrogen-bond acceptors (Lipinski definition) is 4. The van der Waals surface area contributed by atoms with Crippen molar-refractivity contribution >= 4 is 15.9 Å². The largest absolute Gasteiger partial charge is 0.285 e. The number of fused-ring (bicyclic) bond motifs is 1. The number of carbonyl (C=O) groups is 1. The van der Waals surface area contributed by atoms with Crippen molar-refractivity contribution in [3.8, 4) is 5.69 Å². The lowest BCUT2D eigenvalue weighted by molar-refractivity contribution is 0.0975. The molecule has 0 unspecified atom stereocenters. The van der Waals surface area contributed by atoms with Crippen molar-refractivity contribution in [2.75, 3.05) is 6.26 Å². The van der Waals surface area contributed by atoms with Crippen LogP contribution in [0.15, 0.2) is 18.2 Å². The standard InChI is InChI=1S/C14H13F2N3O3S/c1-23(21,22)18-14(20)13-9-3-2-4-12(9)19(17-13)8-5-6-10(15)11(16)7-8/h5-7H,2-4H2,1H3,(H,18,20). The maximum atomic E-state index is 13.4. The number of nitrogens with one attached hydrogen (secondary N) is 1. The molecule has 0 saturated carbocycles. The van der Waals surface area contributed by atoms with E-state index in [1.165, 1.54) is 10.7 Å². The molecule has 0 fully saturated rings. The molecular weight excluding hydrogens is 328 g/mol. The van der Waals surface area contributed by atoms with Crippen LogP contribution in [-0.4, -0.2) is 30.4 Å². The van der Waals surface area contributed by atoms with E-state index in [1.54, 1.807) is 0 Å². The first-order chi connectivity index (χ1) is 10.8. The molecule has 1 heterocycles. The summed E-state index contributed by atoms with van der Waals surface area (Å²) in [6.45, 7) is 0. The van der Waals surface area contributed by atoms with Gasteiger partial charge in [0.2, 0.25) is 10.0 Å². The molecule has 0 spiro atoms. The van der Waals surface area contributed by atoms with Gasteiger partial charge in [-0.25, -0.2) is 26.6 Å². The summed E-state index contributed by atoms with van der Waals surface area (Å²) < 4.78 is 52.2. The van der Waals surface area contributed by atoms with Crippen LogP contribution >= 0.6 is 0 Å². The zero-order valence-electron chi connectivity index (χ0n) is 12.1. The van der Waals surface area contributed by atoms with Crippen molar-refractivity contribution in [1.82, 2.24) is 14.5 Å². The maximum absolute atomic E-state index is 13.4. The molecule has 1 N–H and O–H groups in total. The molecule has 6 nitrogen and oxygen atoms in total. The van der Waals surface area contributed by atoms with Crippen molar-refractivity contribution in [3.05, 3.63) is 46.8 Å². The number of nitrogens with zero attached hydrogens (tertiary/aromatic N) is 2. The fourth-order valence-corrected chi connectivity index (χ4v) is 3.10. The second-order valence-corrected chi connectivity index (χ2v) is 7.09. The molecule has 1 aromatic carbocycles. The first-order valence-electron chi connectivity index (χ1n) is 6.84. The van der Waals surface area contributed by atoms with Gasteiger partial charge in [-0.2, -0.15) is 5.10 Å². The number of halogens is 2. The van der Waals surface area contributed by atoms with Gasteiger partial charge < -0.3 is 0 Å². The number of amides is 1. The Hall–Kier alpha value is -2.29. The molecule has 3 rings (SSSR count). The molecule has 2 aromatic rings. The molecular formula is C14H13F2N3O3S.